The van der Waals surface area contributed by atoms with E-state index in [2.05, 4.69) is 35.9 Å². The molecule has 440 valence electrons. The van der Waals surface area contributed by atoms with E-state index < -0.39 is 73.8 Å². The topological polar surface area (TPSA) is 244 Å². The first-order valence-electron chi connectivity index (χ1n) is 28.5. The molecule has 0 fully saturated rings. The number of carbonyl (C=O) groups excluding carboxylic acids is 6. The minimum absolute atomic E-state index is 0.0377. The molecule has 0 saturated heterocycles. The van der Waals surface area contributed by atoms with Crippen molar-refractivity contribution >= 4 is 35.4 Å². The number of benzene rings is 4. The van der Waals surface area contributed by atoms with Crippen LogP contribution in [0.15, 0.2) is 183 Å². The summed E-state index contributed by atoms with van der Waals surface area (Å²) < 4.78 is 3.30. The lowest BCUT2D eigenvalue weighted by molar-refractivity contribution is -0.150. The molecule has 8 aromatic rings. The maximum Gasteiger partial charge on any atom is 0.243 e. The van der Waals surface area contributed by atoms with Crippen LogP contribution in [0.3, 0.4) is 0 Å². The number of pyridine rings is 2. The Morgan fingerprint density at radius 1 is 0.435 bits per heavy atom. The molecule has 0 bridgehead atoms. The van der Waals surface area contributed by atoms with Crippen molar-refractivity contribution in [2.75, 3.05) is 52.4 Å². The summed E-state index contributed by atoms with van der Waals surface area (Å²) in [6.45, 7) is 5.96. The van der Waals surface area contributed by atoms with Crippen LogP contribution in [0.5, 0.6) is 0 Å². The average Bonchev–Trinajstić information content (AvgIpc) is 4.35. The minimum atomic E-state index is -0.731. The number of carbonyl (C=O) groups is 6. The van der Waals surface area contributed by atoms with E-state index in [4.69, 9.17) is 5.73 Å². The second-order valence-corrected chi connectivity index (χ2v) is 20.8. The third-order valence-electron chi connectivity index (χ3n) is 14.9. The molecule has 21 nitrogen and oxygen atoms in total. The van der Waals surface area contributed by atoms with Crippen LogP contribution in [-0.2, 0) is 41.9 Å². The number of amides is 6. The number of rotatable bonds is 30. The van der Waals surface area contributed by atoms with Gasteiger partial charge in [0.1, 0.15) is 24.5 Å². The Bertz CT molecular complexity index is 3410. The maximum absolute atomic E-state index is 15.4. The van der Waals surface area contributed by atoms with Gasteiger partial charge in [0.2, 0.25) is 35.4 Å². The zero-order valence-electron chi connectivity index (χ0n) is 48.5. The highest BCUT2D eigenvalue weighted by molar-refractivity contribution is 5.92. The van der Waals surface area contributed by atoms with Crippen LogP contribution in [0.2, 0.25) is 0 Å². The summed E-state index contributed by atoms with van der Waals surface area (Å²) >= 11 is 0. The van der Waals surface area contributed by atoms with E-state index in [-0.39, 0.29) is 38.1 Å². The fraction of sp³-hybridized carbons (Fsp3) is 0.312. The van der Waals surface area contributed by atoms with Gasteiger partial charge in [0, 0.05) is 44.6 Å². The largest absolute Gasteiger partial charge is 0.368 e. The van der Waals surface area contributed by atoms with Crippen LogP contribution < -0.4 is 11.1 Å². The van der Waals surface area contributed by atoms with Gasteiger partial charge < -0.3 is 35.6 Å². The zero-order chi connectivity index (χ0) is 60.1. The average molecular weight is 1150 g/mol. The Hall–Kier alpha value is -9.76. The summed E-state index contributed by atoms with van der Waals surface area (Å²) in [7, 11) is 0. The fourth-order valence-corrected chi connectivity index (χ4v) is 9.94. The van der Waals surface area contributed by atoms with E-state index in [0.29, 0.717) is 54.3 Å². The lowest BCUT2D eigenvalue weighted by atomic mass is 10.1. The summed E-state index contributed by atoms with van der Waals surface area (Å²) in [6.07, 6.45) is 7.60. The van der Waals surface area contributed by atoms with Crippen LogP contribution in [0.25, 0.3) is 22.8 Å². The lowest BCUT2D eigenvalue weighted by Crippen LogP contribution is -2.52. The maximum atomic E-state index is 15.4. The Labute approximate surface area is 495 Å². The number of nitrogens with one attached hydrogen (secondary N) is 1. The molecule has 0 spiro atoms. The number of nitrogens with zero attached hydrogens (tertiary/aromatic N) is 13. The molecule has 4 atom stereocenters. The first-order valence-corrected chi connectivity index (χ1v) is 28.5. The van der Waals surface area contributed by atoms with Gasteiger partial charge in [-0.25, -0.2) is 0 Å². The van der Waals surface area contributed by atoms with Crippen LogP contribution in [0.1, 0.15) is 87.0 Å². The van der Waals surface area contributed by atoms with Crippen molar-refractivity contribution in [3.05, 3.63) is 205 Å². The highest BCUT2D eigenvalue weighted by Gasteiger charge is 2.34. The van der Waals surface area contributed by atoms with E-state index in [1.807, 2.05) is 166 Å². The Morgan fingerprint density at radius 3 is 1.20 bits per heavy atom. The summed E-state index contributed by atoms with van der Waals surface area (Å²) in [5.74, 6) is -3.22. The third kappa shape index (κ3) is 17.4. The Morgan fingerprint density at radius 2 is 0.800 bits per heavy atom. The predicted molar refractivity (Wildman–Crippen MR) is 321 cm³/mol. The van der Waals surface area contributed by atoms with Gasteiger partial charge in [0.05, 0.1) is 68.1 Å². The highest BCUT2D eigenvalue weighted by atomic mass is 16.2. The normalized spacial score (nSPS) is 12.5. The molecule has 0 saturated carbocycles. The van der Waals surface area contributed by atoms with E-state index in [9.17, 15) is 14.4 Å². The quantitative estimate of drug-likeness (QED) is 0.0475. The smallest absolute Gasteiger partial charge is 0.243 e. The van der Waals surface area contributed by atoms with Crippen LogP contribution in [-0.4, -0.2) is 152 Å². The molecule has 4 aromatic carbocycles. The second kappa shape index (κ2) is 30.5. The van der Waals surface area contributed by atoms with Gasteiger partial charge in [-0.2, -0.15) is 0 Å². The van der Waals surface area contributed by atoms with Crippen molar-refractivity contribution in [3.8, 4) is 22.8 Å². The first kappa shape index (κ1) is 61.3. The van der Waals surface area contributed by atoms with Crippen molar-refractivity contribution in [1.29, 1.82) is 0 Å². The van der Waals surface area contributed by atoms with Gasteiger partial charge >= 0.3 is 0 Å². The van der Waals surface area contributed by atoms with E-state index >= 15 is 14.4 Å². The van der Waals surface area contributed by atoms with E-state index in [1.165, 1.54) is 24.5 Å². The van der Waals surface area contributed by atoms with Gasteiger partial charge in [0.25, 0.3) is 0 Å². The van der Waals surface area contributed by atoms with Crippen molar-refractivity contribution in [2.24, 2.45) is 5.73 Å². The van der Waals surface area contributed by atoms with Gasteiger partial charge in [-0.15, -0.1) is 10.2 Å². The van der Waals surface area contributed by atoms with Gasteiger partial charge in [-0.05, 0) is 87.1 Å². The monoisotopic (exact) mass is 1150 g/mol. The fourth-order valence-electron chi connectivity index (χ4n) is 9.94. The van der Waals surface area contributed by atoms with E-state index in [1.54, 1.807) is 54.1 Å². The van der Waals surface area contributed by atoms with Crippen molar-refractivity contribution in [3.63, 3.8) is 0 Å². The number of aromatic nitrogens is 8. The zero-order valence-corrected chi connectivity index (χ0v) is 48.5. The number of aryl methyl sites for hydroxylation is 2. The molecular weight excluding hydrogens is 1070 g/mol. The van der Waals surface area contributed by atoms with Crippen LogP contribution in [0, 0.1) is 0 Å². The molecule has 0 aliphatic heterocycles. The van der Waals surface area contributed by atoms with Gasteiger partial charge in [-0.1, -0.05) is 144 Å². The summed E-state index contributed by atoms with van der Waals surface area (Å²) in [5, 5.41) is 20.5. The Balaban J connectivity index is 1.07. The molecule has 21 heteroatoms. The number of hydrogen-bond donors (Lipinski definition) is 2. The molecule has 6 amide bonds. The molecule has 3 N–H and O–H groups in total. The van der Waals surface area contributed by atoms with E-state index in [0.717, 1.165) is 16.7 Å². The molecule has 8 rings (SSSR count). The molecule has 4 heterocycles. The van der Waals surface area contributed by atoms with Crippen LogP contribution >= 0.6 is 0 Å². The van der Waals surface area contributed by atoms with Crippen molar-refractivity contribution in [2.45, 2.75) is 77.8 Å². The highest BCUT2D eigenvalue weighted by Crippen LogP contribution is 2.26. The van der Waals surface area contributed by atoms with Gasteiger partial charge in [0.15, 0.2) is 0 Å². The SMILES string of the molecule is C[C@H](NCC(=O)N(CCCn1cc(-c2ccccn2)nn1)CC(=O)N(CC(=O)N(CC(=O)N(CCCn1cc(-c2ccccn2)nn1)CC(=O)N(CC(N)=O)[C@@H](C)c1ccccc1)[C@@H](C)c1ccccc1)[C@@H](C)c1ccccc1)c1ccccc1. The third-order valence-corrected chi connectivity index (χ3v) is 14.9. The number of primary amides is 1. The molecular formula is C64H73N15O6. The molecule has 4 aromatic heterocycles. The Kier molecular flexibility index (Phi) is 22.0. The number of hydrogen-bond acceptors (Lipinski definition) is 13. The first-order chi connectivity index (χ1) is 41.2. The molecule has 0 radical (unpaired) electrons. The predicted octanol–water partition coefficient (Wildman–Crippen LogP) is 6.74. The lowest BCUT2D eigenvalue weighted by Gasteiger charge is -2.36. The summed E-state index contributed by atoms with van der Waals surface area (Å²) in [4.78, 5) is 103. The standard InChI is InChI=1S/C64H73N15O6/c1-47(51-23-9-5-10-24-51)68-39-60(81)73(35-21-37-75-40-57(69-71-75)55-31-17-19-33-66-55)43-63(84)79(50(4)54-29-15-8-16-30-54)46-64(85)78(49(3)53-27-13-7-14-28-53)45-61(82)74(36-22-38-76-41-58(70-72-76)56-32-18-20-34-67-56)44-62(83)77(42-59(65)80)48(2)52-25-11-6-12-26-52/h5-20,23-34,40-41,47-50,68H,21-22,35-39,42-46H2,1-4H3,(H2,65,80)/t47-,48-,49-,50-/m0/s1. The van der Waals surface area contributed by atoms with Crippen molar-refractivity contribution < 1.29 is 28.8 Å². The minimum Gasteiger partial charge on any atom is -0.368 e. The van der Waals surface area contributed by atoms with Crippen LogP contribution in [0.4, 0.5) is 0 Å². The molecule has 0 aliphatic carbocycles. The molecule has 0 aliphatic rings. The summed E-state index contributed by atoms with van der Waals surface area (Å²) in [5.41, 5.74) is 11.4. The van der Waals surface area contributed by atoms with Gasteiger partial charge in [-0.3, -0.25) is 48.1 Å². The summed E-state index contributed by atoms with van der Waals surface area (Å²) in [6, 6.07) is 46.3. The molecule has 85 heavy (non-hydrogen) atoms. The van der Waals surface area contributed by atoms with Crippen molar-refractivity contribution in [1.82, 2.24) is 69.8 Å². The second-order valence-electron chi connectivity index (χ2n) is 20.8. The molecule has 0 unspecified atom stereocenters. The number of nitrogens with two attached hydrogens (primary N) is 1.